The molecule has 0 radical (unpaired) electrons. The van der Waals surface area contributed by atoms with Crippen LogP contribution < -0.4 is 4.74 Å². The highest BCUT2D eigenvalue weighted by atomic mass is 16.5. The van der Waals surface area contributed by atoms with Gasteiger partial charge in [-0.1, -0.05) is 12.1 Å². The molecule has 1 N–H and O–H groups in total. The lowest BCUT2D eigenvalue weighted by Gasteiger charge is -2.21. The molecule has 0 saturated carbocycles. The third-order valence-corrected chi connectivity index (χ3v) is 3.13. The number of carboxylic acid groups (broad SMARTS) is 1. The molecule has 5 heteroatoms. The van der Waals surface area contributed by atoms with Crippen molar-refractivity contribution >= 4 is 11.9 Å². The second-order valence-corrected chi connectivity index (χ2v) is 4.26. The quantitative estimate of drug-likeness (QED) is 0.872. The lowest BCUT2D eigenvalue weighted by atomic mass is 10.2. The zero-order valence-corrected chi connectivity index (χ0v) is 10.1. The minimum absolute atomic E-state index is 0.0989. The van der Waals surface area contributed by atoms with Crippen molar-refractivity contribution in [2.45, 2.75) is 25.4 Å². The van der Waals surface area contributed by atoms with Gasteiger partial charge in [0.2, 0.25) is 5.91 Å². The molecule has 0 aliphatic carbocycles. The Kier molecular flexibility index (Phi) is 3.50. The first-order valence-corrected chi connectivity index (χ1v) is 5.77. The van der Waals surface area contributed by atoms with E-state index in [2.05, 4.69) is 0 Å². The Morgan fingerprint density at radius 2 is 2.11 bits per heavy atom. The molecule has 0 bridgehead atoms. The number of methoxy groups -OCH3 is 1. The number of nitrogens with zero attached hydrogens (tertiary/aromatic N) is 1. The third kappa shape index (κ3) is 2.45. The number of hydrogen-bond acceptors (Lipinski definition) is 3. The largest absolute Gasteiger partial charge is 0.497 e. The molecule has 5 nitrogen and oxygen atoms in total. The number of ether oxygens (including phenoxy) is 1. The Bertz CT molecular complexity index is 455. The fourth-order valence-corrected chi connectivity index (χ4v) is 2.12. The number of amides is 1. The van der Waals surface area contributed by atoms with Crippen LogP contribution in [0.5, 0.6) is 5.75 Å². The first kappa shape index (κ1) is 12.4. The summed E-state index contributed by atoms with van der Waals surface area (Å²) in [6, 6.07) is 6.57. The Balaban J connectivity index is 2.11. The minimum atomic E-state index is -0.936. The molecule has 1 heterocycles. The molecule has 1 saturated heterocycles. The molecule has 1 aliphatic heterocycles. The summed E-state index contributed by atoms with van der Waals surface area (Å²) in [5.41, 5.74) is 0.900. The molecule has 96 valence electrons. The zero-order chi connectivity index (χ0) is 13.1. The van der Waals surface area contributed by atoms with Gasteiger partial charge in [0.25, 0.3) is 0 Å². The highest BCUT2D eigenvalue weighted by Gasteiger charge is 2.35. The molecule has 2 rings (SSSR count). The van der Waals surface area contributed by atoms with Crippen LogP contribution in [0.4, 0.5) is 0 Å². The molecule has 0 aromatic heterocycles. The van der Waals surface area contributed by atoms with Crippen molar-refractivity contribution in [3.63, 3.8) is 0 Å². The molecule has 18 heavy (non-hydrogen) atoms. The third-order valence-electron chi connectivity index (χ3n) is 3.13. The van der Waals surface area contributed by atoms with Crippen molar-refractivity contribution in [2.24, 2.45) is 0 Å². The van der Waals surface area contributed by atoms with Gasteiger partial charge < -0.3 is 14.7 Å². The van der Waals surface area contributed by atoms with E-state index in [1.807, 2.05) is 12.1 Å². The maximum atomic E-state index is 11.7. The van der Waals surface area contributed by atoms with Gasteiger partial charge in [-0.25, -0.2) is 4.79 Å². The summed E-state index contributed by atoms with van der Waals surface area (Å²) < 4.78 is 5.04. The van der Waals surface area contributed by atoms with Crippen LogP contribution in [0.3, 0.4) is 0 Å². The average molecular weight is 249 g/mol. The molecule has 1 aromatic rings. The SMILES string of the molecule is COc1ccc(CN2C(=O)CCC2C(=O)O)cc1. The fourth-order valence-electron chi connectivity index (χ4n) is 2.12. The molecule has 0 spiro atoms. The van der Waals surface area contributed by atoms with Crippen LogP contribution in [0.25, 0.3) is 0 Å². The molecule has 1 aliphatic rings. The van der Waals surface area contributed by atoms with Crippen molar-refractivity contribution in [1.29, 1.82) is 0 Å². The average Bonchev–Trinajstić information content (AvgIpc) is 2.72. The number of benzene rings is 1. The predicted octanol–water partition coefficient (Wildman–Crippen LogP) is 1.27. The van der Waals surface area contributed by atoms with E-state index < -0.39 is 12.0 Å². The number of carbonyl (C=O) groups is 2. The fraction of sp³-hybridized carbons (Fsp3) is 0.385. The Hall–Kier alpha value is -2.04. The van der Waals surface area contributed by atoms with Gasteiger partial charge in [-0.3, -0.25) is 4.79 Å². The van der Waals surface area contributed by atoms with Gasteiger partial charge in [-0.05, 0) is 24.1 Å². The van der Waals surface area contributed by atoms with Gasteiger partial charge in [0.05, 0.1) is 7.11 Å². The highest BCUT2D eigenvalue weighted by molar-refractivity contribution is 5.87. The van der Waals surface area contributed by atoms with Gasteiger partial charge in [0.15, 0.2) is 0 Å². The highest BCUT2D eigenvalue weighted by Crippen LogP contribution is 2.22. The summed E-state index contributed by atoms with van der Waals surface area (Å²) >= 11 is 0. The van der Waals surface area contributed by atoms with Crippen LogP contribution in [-0.4, -0.2) is 35.0 Å². The Labute approximate surface area is 105 Å². The topological polar surface area (TPSA) is 66.8 Å². The lowest BCUT2D eigenvalue weighted by Crippen LogP contribution is -2.37. The van der Waals surface area contributed by atoms with Crippen molar-refractivity contribution in [1.82, 2.24) is 4.90 Å². The van der Waals surface area contributed by atoms with E-state index in [4.69, 9.17) is 9.84 Å². The second-order valence-electron chi connectivity index (χ2n) is 4.26. The van der Waals surface area contributed by atoms with E-state index in [1.54, 1.807) is 19.2 Å². The maximum absolute atomic E-state index is 11.7. The molecule has 1 unspecified atom stereocenters. The van der Waals surface area contributed by atoms with E-state index >= 15 is 0 Å². The van der Waals surface area contributed by atoms with Gasteiger partial charge in [-0.2, -0.15) is 0 Å². The molecule has 1 aromatic carbocycles. The number of carbonyl (C=O) groups excluding carboxylic acids is 1. The van der Waals surface area contributed by atoms with E-state index in [0.717, 1.165) is 11.3 Å². The summed E-state index contributed by atoms with van der Waals surface area (Å²) in [7, 11) is 1.58. The van der Waals surface area contributed by atoms with Crippen LogP contribution in [0.2, 0.25) is 0 Å². The number of aliphatic carboxylic acids is 1. The minimum Gasteiger partial charge on any atom is -0.497 e. The summed E-state index contributed by atoms with van der Waals surface area (Å²) in [5, 5.41) is 9.05. The van der Waals surface area contributed by atoms with Crippen LogP contribution in [0.1, 0.15) is 18.4 Å². The molecule has 1 amide bonds. The van der Waals surface area contributed by atoms with Crippen LogP contribution in [0.15, 0.2) is 24.3 Å². The van der Waals surface area contributed by atoms with E-state index in [9.17, 15) is 9.59 Å². The van der Waals surface area contributed by atoms with Crippen molar-refractivity contribution < 1.29 is 19.4 Å². The smallest absolute Gasteiger partial charge is 0.326 e. The van der Waals surface area contributed by atoms with Crippen LogP contribution in [-0.2, 0) is 16.1 Å². The number of likely N-dealkylation sites (tertiary alicyclic amines) is 1. The standard InChI is InChI=1S/C13H15NO4/c1-18-10-4-2-9(3-5-10)8-14-11(13(16)17)6-7-12(14)15/h2-5,11H,6-8H2,1H3,(H,16,17). The summed E-state index contributed by atoms with van der Waals surface area (Å²) in [4.78, 5) is 24.1. The van der Waals surface area contributed by atoms with E-state index in [0.29, 0.717) is 19.4 Å². The summed E-state index contributed by atoms with van der Waals surface area (Å²) in [6.45, 7) is 0.333. The Morgan fingerprint density at radius 1 is 1.44 bits per heavy atom. The van der Waals surface area contributed by atoms with Gasteiger partial charge in [-0.15, -0.1) is 0 Å². The van der Waals surface area contributed by atoms with Crippen molar-refractivity contribution in [2.75, 3.05) is 7.11 Å². The van der Waals surface area contributed by atoms with Crippen molar-refractivity contribution in [3.05, 3.63) is 29.8 Å². The number of rotatable bonds is 4. The Morgan fingerprint density at radius 3 is 2.67 bits per heavy atom. The molecular formula is C13H15NO4. The van der Waals surface area contributed by atoms with Gasteiger partial charge in [0, 0.05) is 13.0 Å². The van der Waals surface area contributed by atoms with E-state index in [-0.39, 0.29) is 5.91 Å². The maximum Gasteiger partial charge on any atom is 0.326 e. The van der Waals surface area contributed by atoms with Crippen LogP contribution >= 0.6 is 0 Å². The monoisotopic (exact) mass is 249 g/mol. The van der Waals surface area contributed by atoms with Gasteiger partial charge in [0.1, 0.15) is 11.8 Å². The number of hydrogen-bond donors (Lipinski definition) is 1. The van der Waals surface area contributed by atoms with Crippen molar-refractivity contribution in [3.8, 4) is 5.75 Å². The summed E-state index contributed by atoms with van der Waals surface area (Å²) in [6.07, 6.45) is 0.706. The zero-order valence-electron chi connectivity index (χ0n) is 10.1. The normalized spacial score (nSPS) is 19.1. The first-order valence-electron chi connectivity index (χ1n) is 5.77. The molecule has 1 fully saturated rings. The predicted molar refractivity (Wildman–Crippen MR) is 64.2 cm³/mol. The van der Waals surface area contributed by atoms with Crippen LogP contribution in [0, 0.1) is 0 Å². The first-order chi connectivity index (χ1) is 8.61. The molecule has 1 atom stereocenters. The van der Waals surface area contributed by atoms with E-state index in [1.165, 1.54) is 4.90 Å². The summed E-state index contributed by atoms with van der Waals surface area (Å²) in [5.74, 6) is -0.297. The molecular weight excluding hydrogens is 234 g/mol. The van der Waals surface area contributed by atoms with Gasteiger partial charge >= 0.3 is 5.97 Å². The number of carboxylic acids is 1. The second kappa shape index (κ2) is 5.08. The lowest BCUT2D eigenvalue weighted by molar-refractivity contribution is -0.146.